The maximum atomic E-state index is 12.7. The van der Waals surface area contributed by atoms with Gasteiger partial charge in [0.2, 0.25) is 5.91 Å². The van der Waals surface area contributed by atoms with Gasteiger partial charge in [-0.3, -0.25) is 24.5 Å². The molecule has 0 saturated carbocycles. The number of benzene rings is 4. The second kappa shape index (κ2) is 17.7. The average molecular weight is 850 g/mol. The molecule has 16 heteroatoms. The highest BCUT2D eigenvalue weighted by Crippen LogP contribution is 2.41. The molecule has 3 amide bonds. The number of amides is 3. The highest BCUT2D eigenvalue weighted by Gasteiger charge is 2.36. The Bertz CT molecular complexity index is 3010. The van der Waals surface area contributed by atoms with Gasteiger partial charge < -0.3 is 39.9 Å². The van der Waals surface area contributed by atoms with Gasteiger partial charge >= 0.3 is 5.97 Å². The normalized spacial score (nSPS) is 12.1. The molecule has 0 atom stereocenters. The van der Waals surface area contributed by atoms with Crippen LogP contribution in [-0.4, -0.2) is 70.7 Å². The highest BCUT2D eigenvalue weighted by molar-refractivity contribution is 6.52. The molecule has 0 aliphatic carbocycles. The van der Waals surface area contributed by atoms with Gasteiger partial charge in [0.05, 0.1) is 44.5 Å². The summed E-state index contributed by atoms with van der Waals surface area (Å²) in [6.45, 7) is 0. The first-order chi connectivity index (χ1) is 28.4. The predicted molar refractivity (Wildman–Crippen MR) is 232 cm³/mol. The fourth-order valence-electron chi connectivity index (χ4n) is 6.88. The number of nitrogens with two attached hydrogens (primary N) is 1. The number of H-pyrrole nitrogens is 4. The molecule has 0 radical (unpaired) electrons. The van der Waals surface area contributed by atoms with Crippen molar-refractivity contribution in [2.45, 2.75) is 13.8 Å². The Morgan fingerprint density at radius 3 is 1.83 bits per heavy atom. The molecule has 9 rings (SSSR count). The quantitative estimate of drug-likeness (QED) is 0.0382. The fourth-order valence-corrected chi connectivity index (χ4v) is 7.47. The number of imide groups is 1. The number of methoxy groups -OCH3 is 3. The molecule has 5 heterocycles. The third-order valence-electron chi connectivity index (χ3n) is 9.60. The molecule has 4 aromatic heterocycles. The Kier molecular flexibility index (Phi) is 12.5. The third-order valence-corrected chi connectivity index (χ3v) is 10.2. The maximum absolute atomic E-state index is 12.7. The molecule has 0 saturated heterocycles. The lowest BCUT2D eigenvalue weighted by atomic mass is 9.95. The van der Waals surface area contributed by atoms with Crippen molar-refractivity contribution < 1.29 is 38.2 Å². The van der Waals surface area contributed by atoms with Crippen LogP contribution in [0.3, 0.4) is 0 Å². The number of fused-ring (bicyclic) bond motifs is 4. The number of nitrogens with one attached hydrogen (secondary N) is 5. The topological polar surface area (TPSA) is 214 Å². The van der Waals surface area contributed by atoms with Gasteiger partial charge in [0.15, 0.2) is 0 Å². The van der Waals surface area contributed by atoms with E-state index in [1.165, 1.54) is 0 Å². The summed E-state index contributed by atoms with van der Waals surface area (Å²) in [6, 6.07) is 25.7. The summed E-state index contributed by atoms with van der Waals surface area (Å²) in [6.07, 6.45) is 3.77. The Balaban J connectivity index is 0.000000162. The van der Waals surface area contributed by atoms with Crippen molar-refractivity contribution in [1.82, 2.24) is 25.3 Å². The Labute approximate surface area is 352 Å². The van der Waals surface area contributed by atoms with E-state index in [1.54, 1.807) is 44.8 Å². The predicted octanol–water partition coefficient (Wildman–Crippen LogP) is 7.90. The van der Waals surface area contributed by atoms with Crippen LogP contribution in [0.2, 0.25) is 10.3 Å². The standard InChI is InChI=1S/C21H14ClN3O3.C11H8ClNO3.C11H12N2O2.CH4/c1-28-10-6-7-14-12(8-10)13(9-23-14)17-18(21(27)25-20(17)26)16-11-4-2-3-5-15(11)24-19(16)22;1-16-11(15)9(14)8-6-4-2-3-5-7(6)13-10(8)12;1-15-8-2-3-10-9(5-8)7(6-13-10)4-11(12)14;/h2-9,23-24H,1H3,(H,25,26,27);2-5,13H,1H3;2-3,5-6,13H,4H2,1H3,(H2,12,14);1H4. The Morgan fingerprint density at radius 2 is 1.20 bits per heavy atom. The lowest BCUT2D eigenvalue weighted by Crippen LogP contribution is -2.22. The molecule has 1 aliphatic heterocycles. The zero-order chi connectivity index (χ0) is 42.0. The van der Waals surface area contributed by atoms with Gasteiger partial charge in [-0.1, -0.05) is 67.0 Å². The number of aromatic amines is 4. The molecule has 8 aromatic rings. The largest absolute Gasteiger partial charge is 0.497 e. The molecule has 306 valence electrons. The van der Waals surface area contributed by atoms with Crippen molar-refractivity contribution in [1.29, 1.82) is 0 Å². The van der Waals surface area contributed by atoms with Crippen molar-refractivity contribution in [2.24, 2.45) is 5.73 Å². The summed E-state index contributed by atoms with van der Waals surface area (Å²) >= 11 is 12.3. The van der Waals surface area contributed by atoms with Crippen molar-refractivity contribution in [3.8, 4) is 11.5 Å². The Morgan fingerprint density at radius 1 is 0.650 bits per heavy atom. The zero-order valence-corrected chi connectivity index (χ0v) is 33.1. The summed E-state index contributed by atoms with van der Waals surface area (Å²) in [4.78, 5) is 71.3. The Hall–Kier alpha value is -7.29. The minimum atomic E-state index is -0.924. The molecule has 0 fully saturated rings. The van der Waals surface area contributed by atoms with E-state index >= 15 is 0 Å². The number of ketones is 1. The molecule has 14 nitrogen and oxygen atoms in total. The number of hydrogen-bond acceptors (Lipinski definition) is 8. The summed E-state index contributed by atoms with van der Waals surface area (Å²) in [7, 11) is 4.35. The lowest BCUT2D eigenvalue weighted by molar-refractivity contribution is -0.135. The smallest absolute Gasteiger partial charge is 0.379 e. The van der Waals surface area contributed by atoms with E-state index in [9.17, 15) is 24.0 Å². The second-order valence-corrected chi connectivity index (χ2v) is 13.8. The van der Waals surface area contributed by atoms with E-state index in [4.69, 9.17) is 38.4 Å². The van der Waals surface area contributed by atoms with Crippen LogP contribution < -0.4 is 20.5 Å². The molecule has 60 heavy (non-hydrogen) atoms. The molecular formula is C44H38Cl2N6O8. The number of hydrogen-bond donors (Lipinski definition) is 6. The number of halogens is 2. The van der Waals surface area contributed by atoms with Crippen LogP contribution in [0, 0.1) is 0 Å². The number of para-hydroxylation sites is 2. The van der Waals surface area contributed by atoms with Crippen molar-refractivity contribution in [3.63, 3.8) is 0 Å². The van der Waals surface area contributed by atoms with Crippen molar-refractivity contribution in [3.05, 3.63) is 130 Å². The molecule has 0 spiro atoms. The first kappa shape index (κ1) is 42.3. The zero-order valence-electron chi connectivity index (χ0n) is 31.5. The first-order valence-electron chi connectivity index (χ1n) is 17.8. The van der Waals surface area contributed by atoms with E-state index in [2.05, 4.69) is 30.0 Å². The highest BCUT2D eigenvalue weighted by atomic mass is 35.5. The maximum Gasteiger partial charge on any atom is 0.379 e. The third kappa shape index (κ3) is 8.06. The fraction of sp³-hybridized carbons (Fsp3) is 0.114. The molecule has 0 unspecified atom stereocenters. The van der Waals surface area contributed by atoms with Crippen molar-refractivity contribution >= 4 is 107 Å². The van der Waals surface area contributed by atoms with Gasteiger partial charge in [-0.25, -0.2) is 4.79 Å². The lowest BCUT2D eigenvalue weighted by Gasteiger charge is -2.05. The van der Waals surface area contributed by atoms with Crippen LogP contribution in [0.1, 0.15) is 34.5 Å². The number of rotatable bonds is 8. The van der Waals surface area contributed by atoms with Crippen LogP contribution in [0.4, 0.5) is 0 Å². The average Bonchev–Trinajstić information content (AvgIpc) is 4.05. The van der Waals surface area contributed by atoms with Crippen LogP contribution in [0.5, 0.6) is 11.5 Å². The van der Waals surface area contributed by atoms with Crippen LogP contribution in [0.25, 0.3) is 54.8 Å². The minimum absolute atomic E-state index is 0. The first-order valence-corrected chi connectivity index (χ1v) is 18.5. The van der Waals surface area contributed by atoms with E-state index < -0.39 is 23.6 Å². The summed E-state index contributed by atoms with van der Waals surface area (Å²) < 4.78 is 14.8. The minimum Gasteiger partial charge on any atom is -0.497 e. The van der Waals surface area contributed by atoms with Gasteiger partial charge in [-0.15, -0.1) is 0 Å². The van der Waals surface area contributed by atoms with Gasteiger partial charge in [0.25, 0.3) is 17.6 Å². The SMILES string of the molecule is C.COC(=O)C(=O)c1c(Cl)[nH]c2ccccc12.COc1ccc2[nH]cc(C3=C(c4c(Cl)[nH]c5ccccc45)C(=O)NC3=O)c2c1.COc1ccc2[nH]cc(CC(N)=O)c2c1. The van der Waals surface area contributed by atoms with Crippen LogP contribution in [-0.2, 0) is 30.3 Å². The number of esters is 1. The number of carbonyl (C=O) groups is 5. The number of carbonyl (C=O) groups excluding carboxylic acids is 5. The monoisotopic (exact) mass is 848 g/mol. The van der Waals surface area contributed by atoms with Gasteiger partial charge in [-0.05, 0) is 54.1 Å². The summed E-state index contributed by atoms with van der Waals surface area (Å²) in [5.41, 5.74) is 11.2. The molecule has 1 aliphatic rings. The second-order valence-electron chi connectivity index (χ2n) is 13.1. The van der Waals surface area contributed by atoms with E-state index in [-0.39, 0.29) is 41.6 Å². The van der Waals surface area contributed by atoms with Gasteiger partial charge in [0.1, 0.15) is 21.8 Å². The van der Waals surface area contributed by atoms with Crippen LogP contribution >= 0.6 is 23.2 Å². The molecule has 0 bridgehead atoms. The number of primary amides is 1. The summed E-state index contributed by atoms with van der Waals surface area (Å²) in [5, 5.41) is 6.03. The van der Waals surface area contributed by atoms with E-state index in [0.717, 1.165) is 51.1 Å². The molecule has 7 N–H and O–H groups in total. The molecular weight excluding hydrogens is 811 g/mol. The summed E-state index contributed by atoms with van der Waals surface area (Å²) in [5.74, 6) is -1.50. The van der Waals surface area contributed by atoms with E-state index in [0.29, 0.717) is 32.9 Å². The number of aromatic nitrogens is 4. The van der Waals surface area contributed by atoms with E-state index in [1.807, 2.05) is 66.7 Å². The number of Topliss-reactive ketones (excluding diaryl/α,β-unsaturated/α-hetero) is 1. The van der Waals surface area contributed by atoms with Crippen LogP contribution in [0.15, 0.2) is 97.3 Å². The molecule has 4 aromatic carbocycles. The van der Waals surface area contributed by atoms with Gasteiger partial charge in [-0.2, -0.15) is 0 Å². The van der Waals surface area contributed by atoms with Gasteiger partial charge in [0, 0.05) is 67.1 Å². The van der Waals surface area contributed by atoms with Crippen molar-refractivity contribution in [2.75, 3.05) is 21.3 Å². The number of ether oxygens (including phenoxy) is 3.